The zero-order chi connectivity index (χ0) is 22.1. The standard InChI is InChI=1S/C21H22F2N6O2/c1-4-7-28-12(2)9-17(27-28)25-18(30)11-29-21-19(13(3)26-29)14(20(22)23)10-15(24-21)16-6-5-8-31-16/h5-6,8-10,20H,4,7,11H2,1-3H3,(H,25,27,30). The van der Waals surface area contributed by atoms with Gasteiger partial charge in [-0.1, -0.05) is 6.92 Å². The monoisotopic (exact) mass is 428 g/mol. The van der Waals surface area contributed by atoms with Crippen LogP contribution in [0, 0.1) is 13.8 Å². The van der Waals surface area contributed by atoms with Gasteiger partial charge in [-0.05, 0) is 38.5 Å². The van der Waals surface area contributed by atoms with Gasteiger partial charge in [-0.3, -0.25) is 9.48 Å². The Hall–Kier alpha value is -3.56. The fourth-order valence-electron chi connectivity index (χ4n) is 3.55. The van der Waals surface area contributed by atoms with Crippen molar-refractivity contribution in [2.45, 2.75) is 46.7 Å². The molecule has 0 aliphatic rings. The number of anilines is 1. The predicted molar refractivity (Wildman–Crippen MR) is 111 cm³/mol. The molecule has 0 aromatic carbocycles. The first-order chi connectivity index (χ1) is 14.9. The van der Waals surface area contributed by atoms with Crippen LogP contribution in [0.25, 0.3) is 22.5 Å². The second-order valence-corrected chi connectivity index (χ2v) is 7.26. The molecule has 0 bridgehead atoms. The number of aromatic nitrogens is 5. The number of aryl methyl sites for hydroxylation is 3. The molecule has 0 saturated heterocycles. The van der Waals surface area contributed by atoms with Crippen LogP contribution in [-0.4, -0.2) is 30.5 Å². The van der Waals surface area contributed by atoms with Crippen LogP contribution in [0.15, 0.2) is 34.9 Å². The number of carbonyl (C=O) groups excluding carboxylic acids is 1. The minimum absolute atomic E-state index is 0.193. The van der Waals surface area contributed by atoms with Gasteiger partial charge < -0.3 is 9.73 Å². The van der Waals surface area contributed by atoms with Crippen LogP contribution in [0.3, 0.4) is 0 Å². The maximum atomic E-state index is 13.8. The number of pyridine rings is 1. The van der Waals surface area contributed by atoms with Gasteiger partial charge >= 0.3 is 0 Å². The van der Waals surface area contributed by atoms with E-state index in [0.29, 0.717) is 17.3 Å². The summed E-state index contributed by atoms with van der Waals surface area (Å²) in [6, 6.07) is 6.37. The summed E-state index contributed by atoms with van der Waals surface area (Å²) >= 11 is 0. The van der Waals surface area contributed by atoms with E-state index in [1.807, 2.05) is 18.5 Å². The van der Waals surface area contributed by atoms with E-state index in [1.165, 1.54) is 17.0 Å². The zero-order valence-electron chi connectivity index (χ0n) is 17.4. The highest BCUT2D eigenvalue weighted by molar-refractivity contribution is 5.91. The van der Waals surface area contributed by atoms with Crippen molar-refractivity contribution in [2.75, 3.05) is 5.32 Å². The molecule has 0 aliphatic heterocycles. The number of nitrogens with one attached hydrogen (secondary N) is 1. The first-order valence-corrected chi connectivity index (χ1v) is 9.91. The SMILES string of the molecule is CCCn1nc(NC(=O)Cn2nc(C)c3c(C(F)F)cc(-c4ccco4)nc32)cc1C. The lowest BCUT2D eigenvalue weighted by atomic mass is 10.1. The molecule has 4 aromatic rings. The highest BCUT2D eigenvalue weighted by Gasteiger charge is 2.22. The van der Waals surface area contributed by atoms with Crippen LogP contribution in [-0.2, 0) is 17.9 Å². The van der Waals surface area contributed by atoms with E-state index in [-0.39, 0.29) is 34.7 Å². The number of carbonyl (C=O) groups is 1. The molecule has 0 fully saturated rings. The summed E-state index contributed by atoms with van der Waals surface area (Å²) in [6.45, 7) is 6.13. The molecule has 0 saturated carbocycles. The first-order valence-electron chi connectivity index (χ1n) is 9.91. The molecule has 0 atom stereocenters. The lowest BCUT2D eigenvalue weighted by molar-refractivity contribution is -0.116. The summed E-state index contributed by atoms with van der Waals surface area (Å²) < 4.78 is 36.0. The molecule has 0 unspecified atom stereocenters. The zero-order valence-corrected chi connectivity index (χ0v) is 17.4. The summed E-state index contributed by atoms with van der Waals surface area (Å²) in [7, 11) is 0. The van der Waals surface area contributed by atoms with Gasteiger partial charge in [0.1, 0.15) is 12.2 Å². The number of hydrogen-bond donors (Lipinski definition) is 1. The van der Waals surface area contributed by atoms with E-state index in [2.05, 4.69) is 20.5 Å². The Balaban J connectivity index is 1.67. The van der Waals surface area contributed by atoms with Crippen molar-refractivity contribution in [2.24, 2.45) is 0 Å². The van der Waals surface area contributed by atoms with E-state index in [1.54, 1.807) is 25.1 Å². The Morgan fingerprint density at radius 3 is 2.71 bits per heavy atom. The lowest BCUT2D eigenvalue weighted by Crippen LogP contribution is -2.20. The van der Waals surface area contributed by atoms with E-state index in [4.69, 9.17) is 4.42 Å². The minimum Gasteiger partial charge on any atom is -0.463 e. The van der Waals surface area contributed by atoms with Crippen molar-refractivity contribution in [3.8, 4) is 11.5 Å². The van der Waals surface area contributed by atoms with Crippen LogP contribution in [0.2, 0.25) is 0 Å². The van der Waals surface area contributed by atoms with Crippen LogP contribution < -0.4 is 5.32 Å². The maximum Gasteiger partial charge on any atom is 0.264 e. The highest BCUT2D eigenvalue weighted by atomic mass is 19.3. The smallest absolute Gasteiger partial charge is 0.264 e. The highest BCUT2D eigenvalue weighted by Crippen LogP contribution is 2.33. The van der Waals surface area contributed by atoms with Gasteiger partial charge in [0.2, 0.25) is 5.91 Å². The molecule has 8 nitrogen and oxygen atoms in total. The van der Waals surface area contributed by atoms with E-state index < -0.39 is 6.43 Å². The number of fused-ring (bicyclic) bond motifs is 1. The normalized spacial score (nSPS) is 11.5. The van der Waals surface area contributed by atoms with Crippen molar-refractivity contribution >= 4 is 22.8 Å². The van der Waals surface area contributed by atoms with Gasteiger partial charge in [0.15, 0.2) is 17.2 Å². The van der Waals surface area contributed by atoms with E-state index in [0.717, 1.165) is 18.7 Å². The Kier molecular flexibility index (Phi) is 5.53. The molecule has 0 spiro atoms. The topological polar surface area (TPSA) is 90.8 Å². The van der Waals surface area contributed by atoms with Crippen LogP contribution in [0.5, 0.6) is 0 Å². The fraction of sp³-hybridized carbons (Fsp3) is 0.333. The van der Waals surface area contributed by atoms with Gasteiger partial charge in [-0.15, -0.1) is 0 Å². The molecule has 0 radical (unpaired) electrons. The average Bonchev–Trinajstić information content (AvgIpc) is 3.43. The van der Waals surface area contributed by atoms with Crippen LogP contribution in [0.4, 0.5) is 14.6 Å². The Morgan fingerprint density at radius 1 is 1.23 bits per heavy atom. The molecule has 1 N–H and O–H groups in total. The van der Waals surface area contributed by atoms with Crippen LogP contribution in [0.1, 0.15) is 36.7 Å². The Labute approximate surface area is 176 Å². The third-order valence-electron chi connectivity index (χ3n) is 4.89. The Morgan fingerprint density at radius 2 is 2.03 bits per heavy atom. The van der Waals surface area contributed by atoms with Gasteiger partial charge in [0, 0.05) is 23.9 Å². The number of furan rings is 1. The summed E-state index contributed by atoms with van der Waals surface area (Å²) in [4.78, 5) is 17.1. The van der Waals surface area contributed by atoms with Gasteiger partial charge in [0.05, 0.1) is 17.3 Å². The van der Waals surface area contributed by atoms with E-state index >= 15 is 0 Å². The number of amides is 1. The largest absolute Gasteiger partial charge is 0.463 e. The quantitative estimate of drug-likeness (QED) is 0.468. The molecular formula is C21H22F2N6O2. The van der Waals surface area contributed by atoms with Crippen molar-refractivity contribution in [3.05, 3.63) is 47.5 Å². The predicted octanol–water partition coefficient (Wildman–Crippen LogP) is 4.49. The Bertz CT molecular complexity index is 1230. The van der Waals surface area contributed by atoms with Crippen molar-refractivity contribution in [1.82, 2.24) is 24.5 Å². The van der Waals surface area contributed by atoms with Gasteiger partial charge in [-0.2, -0.15) is 10.2 Å². The van der Waals surface area contributed by atoms with Gasteiger partial charge in [0.25, 0.3) is 6.43 Å². The molecule has 31 heavy (non-hydrogen) atoms. The lowest BCUT2D eigenvalue weighted by Gasteiger charge is -2.07. The summed E-state index contributed by atoms with van der Waals surface area (Å²) in [5, 5.41) is 11.6. The second kappa shape index (κ2) is 8.29. The summed E-state index contributed by atoms with van der Waals surface area (Å²) in [5.41, 5.74) is 1.56. The molecule has 4 heterocycles. The molecule has 10 heteroatoms. The fourth-order valence-corrected chi connectivity index (χ4v) is 3.55. The number of hydrogen-bond acceptors (Lipinski definition) is 5. The third-order valence-corrected chi connectivity index (χ3v) is 4.89. The minimum atomic E-state index is -2.73. The molecular weight excluding hydrogens is 406 g/mol. The third kappa shape index (κ3) is 4.05. The number of alkyl halides is 2. The molecule has 0 aliphatic carbocycles. The summed E-state index contributed by atoms with van der Waals surface area (Å²) in [5.74, 6) is 0.409. The van der Waals surface area contributed by atoms with Gasteiger partial charge in [-0.25, -0.2) is 18.4 Å². The van der Waals surface area contributed by atoms with Crippen molar-refractivity contribution in [1.29, 1.82) is 0 Å². The number of nitrogens with zero attached hydrogens (tertiary/aromatic N) is 5. The molecule has 4 rings (SSSR count). The summed E-state index contributed by atoms with van der Waals surface area (Å²) in [6.07, 6.45) is -0.362. The van der Waals surface area contributed by atoms with Crippen LogP contribution >= 0.6 is 0 Å². The molecule has 1 amide bonds. The number of rotatable bonds is 7. The number of halogens is 2. The van der Waals surface area contributed by atoms with Crippen molar-refractivity contribution in [3.63, 3.8) is 0 Å². The maximum absolute atomic E-state index is 13.8. The van der Waals surface area contributed by atoms with E-state index in [9.17, 15) is 13.6 Å². The van der Waals surface area contributed by atoms with Crippen molar-refractivity contribution < 1.29 is 18.0 Å². The molecule has 4 aromatic heterocycles. The first kappa shape index (κ1) is 20.7. The molecule has 162 valence electrons. The second-order valence-electron chi connectivity index (χ2n) is 7.26. The average molecular weight is 428 g/mol.